The Balaban J connectivity index is 1.89. The molecule has 1 saturated carbocycles. The molecule has 1 aliphatic heterocycles. The van der Waals surface area contributed by atoms with Crippen molar-refractivity contribution in [1.29, 1.82) is 5.41 Å². The summed E-state index contributed by atoms with van der Waals surface area (Å²) < 4.78 is 0. The fourth-order valence-corrected chi connectivity index (χ4v) is 3.37. The Kier molecular flexibility index (Phi) is 2.35. The van der Waals surface area contributed by atoms with E-state index in [0.717, 1.165) is 23.1 Å². The van der Waals surface area contributed by atoms with E-state index in [1.54, 1.807) is 0 Å². The number of nitrogens with zero attached hydrogens (tertiary/aromatic N) is 1. The van der Waals surface area contributed by atoms with Crippen molar-refractivity contribution >= 4 is 11.5 Å². The monoisotopic (exact) mass is 229 g/mol. The number of anilines is 1. The highest BCUT2D eigenvalue weighted by atomic mass is 15.2. The number of benzene rings is 1. The number of hydrogen-bond donors (Lipinski definition) is 2. The zero-order valence-electron chi connectivity index (χ0n) is 10.2. The van der Waals surface area contributed by atoms with Gasteiger partial charge in [-0.3, -0.25) is 5.41 Å². The molecular weight excluding hydrogens is 210 g/mol. The number of hydrogen-bond acceptors (Lipinski definition) is 2. The van der Waals surface area contributed by atoms with Crippen molar-refractivity contribution in [3.63, 3.8) is 0 Å². The first-order valence-electron chi connectivity index (χ1n) is 6.37. The summed E-state index contributed by atoms with van der Waals surface area (Å²) in [4.78, 5) is 2.53. The quantitative estimate of drug-likeness (QED) is 0.604. The van der Waals surface area contributed by atoms with Gasteiger partial charge in [0.1, 0.15) is 5.84 Å². The van der Waals surface area contributed by atoms with E-state index in [0.29, 0.717) is 0 Å². The molecule has 2 fully saturated rings. The fourth-order valence-electron chi connectivity index (χ4n) is 3.37. The molecule has 2 aliphatic rings. The first-order chi connectivity index (χ1) is 8.15. The van der Waals surface area contributed by atoms with E-state index in [2.05, 4.69) is 17.0 Å². The molecule has 0 radical (unpaired) electrons. The molecule has 90 valence electrons. The summed E-state index contributed by atoms with van der Waals surface area (Å²) in [7, 11) is 0. The van der Waals surface area contributed by atoms with Gasteiger partial charge >= 0.3 is 0 Å². The summed E-state index contributed by atoms with van der Waals surface area (Å²) in [6.07, 6.45) is 4.12. The smallest absolute Gasteiger partial charge is 0.123 e. The Morgan fingerprint density at radius 1 is 1.41 bits per heavy atom. The molecule has 2 unspecified atom stereocenters. The maximum Gasteiger partial charge on any atom is 0.123 e. The van der Waals surface area contributed by atoms with Crippen LogP contribution in [0.3, 0.4) is 0 Å². The molecule has 3 nitrogen and oxygen atoms in total. The highest BCUT2D eigenvalue weighted by Crippen LogP contribution is 2.40. The molecular formula is C14H19N3. The van der Waals surface area contributed by atoms with Crippen molar-refractivity contribution in [1.82, 2.24) is 0 Å². The minimum atomic E-state index is 0.164. The molecule has 17 heavy (non-hydrogen) atoms. The molecule has 2 atom stereocenters. The zero-order chi connectivity index (χ0) is 12.0. The van der Waals surface area contributed by atoms with Gasteiger partial charge < -0.3 is 10.6 Å². The van der Waals surface area contributed by atoms with Crippen molar-refractivity contribution < 1.29 is 0 Å². The Hall–Kier alpha value is -1.51. The summed E-state index contributed by atoms with van der Waals surface area (Å²) in [5.41, 5.74) is 8.82. The predicted molar refractivity (Wildman–Crippen MR) is 70.7 cm³/mol. The number of rotatable bonds is 2. The molecule has 1 aromatic carbocycles. The first-order valence-corrected chi connectivity index (χ1v) is 6.37. The topological polar surface area (TPSA) is 53.1 Å². The average molecular weight is 229 g/mol. The number of fused-ring (bicyclic) bond motifs is 2. The molecule has 1 saturated heterocycles. The second kappa shape index (κ2) is 3.76. The third kappa shape index (κ3) is 1.70. The molecule has 0 amide bonds. The third-order valence-electron chi connectivity index (χ3n) is 4.24. The second-order valence-electron chi connectivity index (χ2n) is 5.40. The maximum absolute atomic E-state index is 7.50. The molecule has 0 aromatic heterocycles. The second-order valence-corrected chi connectivity index (χ2v) is 5.40. The summed E-state index contributed by atoms with van der Waals surface area (Å²) in [5.74, 6) is 1.07. The van der Waals surface area contributed by atoms with Gasteiger partial charge in [0.05, 0.1) is 0 Å². The maximum atomic E-state index is 7.50. The van der Waals surface area contributed by atoms with Crippen LogP contribution in [0.1, 0.15) is 30.4 Å². The summed E-state index contributed by atoms with van der Waals surface area (Å²) in [6.45, 7) is 3.25. The molecule has 1 aromatic rings. The van der Waals surface area contributed by atoms with E-state index in [4.69, 9.17) is 11.1 Å². The number of nitrogen functional groups attached to an aromatic ring is 1. The molecule has 3 rings (SSSR count). The highest BCUT2D eigenvalue weighted by Gasteiger charge is 2.37. The lowest BCUT2D eigenvalue weighted by molar-refractivity contribution is 0.553. The highest BCUT2D eigenvalue weighted by molar-refractivity contribution is 5.96. The van der Waals surface area contributed by atoms with Crippen LogP contribution < -0.4 is 10.6 Å². The van der Waals surface area contributed by atoms with Crippen molar-refractivity contribution in [2.75, 3.05) is 11.4 Å². The van der Waals surface area contributed by atoms with Crippen LogP contribution >= 0.6 is 0 Å². The normalized spacial score (nSPS) is 26.5. The van der Waals surface area contributed by atoms with Crippen LogP contribution in [0.2, 0.25) is 0 Å². The molecule has 3 heteroatoms. The first kappa shape index (κ1) is 10.6. The largest absolute Gasteiger partial charge is 0.384 e. The van der Waals surface area contributed by atoms with Gasteiger partial charge in [0.15, 0.2) is 0 Å². The molecule has 1 aliphatic carbocycles. The Labute approximate surface area is 102 Å². The minimum absolute atomic E-state index is 0.164. The van der Waals surface area contributed by atoms with E-state index in [9.17, 15) is 0 Å². The van der Waals surface area contributed by atoms with E-state index < -0.39 is 0 Å². The van der Waals surface area contributed by atoms with Gasteiger partial charge in [-0.1, -0.05) is 0 Å². The van der Waals surface area contributed by atoms with Crippen LogP contribution in [-0.4, -0.2) is 18.4 Å². The summed E-state index contributed by atoms with van der Waals surface area (Å²) in [5, 5.41) is 7.50. The fraction of sp³-hybridized carbons (Fsp3) is 0.500. The Morgan fingerprint density at radius 2 is 2.24 bits per heavy atom. The predicted octanol–water partition coefficient (Wildman–Crippen LogP) is 2.27. The number of piperidine rings is 1. The van der Waals surface area contributed by atoms with Crippen molar-refractivity contribution in [2.45, 2.75) is 32.2 Å². The SMILES string of the molecule is Cc1cc(N2CC3CCC2C3)ccc1C(=N)N. The number of amidine groups is 1. The van der Waals surface area contributed by atoms with Gasteiger partial charge in [-0.25, -0.2) is 0 Å². The van der Waals surface area contributed by atoms with Gasteiger partial charge in [0.2, 0.25) is 0 Å². The lowest BCUT2D eigenvalue weighted by Gasteiger charge is -2.29. The summed E-state index contributed by atoms with van der Waals surface area (Å²) >= 11 is 0. The van der Waals surface area contributed by atoms with E-state index in [1.807, 2.05) is 13.0 Å². The zero-order valence-corrected chi connectivity index (χ0v) is 10.2. The van der Waals surface area contributed by atoms with Crippen LogP contribution in [0, 0.1) is 18.3 Å². The number of nitrogens with two attached hydrogens (primary N) is 1. The Bertz CT molecular complexity index is 467. The van der Waals surface area contributed by atoms with Crippen molar-refractivity contribution in [3.8, 4) is 0 Å². The summed E-state index contributed by atoms with van der Waals surface area (Å²) in [6, 6.07) is 7.03. The van der Waals surface area contributed by atoms with E-state index in [-0.39, 0.29) is 5.84 Å². The van der Waals surface area contributed by atoms with Gasteiger partial charge in [-0.05, 0) is 55.9 Å². The van der Waals surface area contributed by atoms with Gasteiger partial charge in [-0.15, -0.1) is 0 Å². The van der Waals surface area contributed by atoms with Crippen LogP contribution in [-0.2, 0) is 0 Å². The van der Waals surface area contributed by atoms with Gasteiger partial charge in [-0.2, -0.15) is 0 Å². The molecule has 2 bridgehead atoms. The van der Waals surface area contributed by atoms with Crippen molar-refractivity contribution in [3.05, 3.63) is 29.3 Å². The van der Waals surface area contributed by atoms with Crippen LogP contribution in [0.25, 0.3) is 0 Å². The van der Waals surface area contributed by atoms with Gasteiger partial charge in [0.25, 0.3) is 0 Å². The average Bonchev–Trinajstić information content (AvgIpc) is 2.89. The van der Waals surface area contributed by atoms with E-state index >= 15 is 0 Å². The standard InChI is InChI=1S/C14H19N3/c1-9-6-11(4-5-13(9)14(15)16)17-8-10-2-3-12(17)7-10/h4-6,10,12H,2-3,7-8H2,1H3,(H3,15,16). The van der Waals surface area contributed by atoms with Crippen LogP contribution in [0.15, 0.2) is 18.2 Å². The minimum Gasteiger partial charge on any atom is -0.384 e. The number of nitrogens with one attached hydrogen (secondary N) is 1. The third-order valence-corrected chi connectivity index (χ3v) is 4.24. The Morgan fingerprint density at radius 3 is 2.76 bits per heavy atom. The molecule has 1 heterocycles. The number of aryl methyl sites for hydroxylation is 1. The lowest BCUT2D eigenvalue weighted by atomic mass is 10.0. The molecule has 0 spiro atoms. The molecule has 3 N–H and O–H groups in total. The van der Waals surface area contributed by atoms with E-state index in [1.165, 1.54) is 31.5 Å². The van der Waals surface area contributed by atoms with Crippen molar-refractivity contribution in [2.24, 2.45) is 11.7 Å². The lowest BCUT2D eigenvalue weighted by Crippen LogP contribution is -2.31. The van der Waals surface area contributed by atoms with Gasteiger partial charge in [0, 0.05) is 23.8 Å². The van der Waals surface area contributed by atoms with Crippen LogP contribution in [0.5, 0.6) is 0 Å². The van der Waals surface area contributed by atoms with Crippen LogP contribution in [0.4, 0.5) is 5.69 Å².